The van der Waals surface area contributed by atoms with Crippen LogP contribution in [0.2, 0.25) is 0 Å². The lowest BCUT2D eigenvalue weighted by Crippen LogP contribution is -2.04. The van der Waals surface area contributed by atoms with Gasteiger partial charge in [0.15, 0.2) is 10.4 Å². The fourth-order valence-electron chi connectivity index (χ4n) is 4.26. The van der Waals surface area contributed by atoms with Crippen LogP contribution in [0.4, 0.5) is 0 Å². The smallest absolute Gasteiger partial charge is 0.195 e. The number of rotatable bonds is 4. The maximum absolute atomic E-state index is 9.62. The van der Waals surface area contributed by atoms with Gasteiger partial charge < -0.3 is 4.23 Å². The van der Waals surface area contributed by atoms with Crippen molar-refractivity contribution < 1.29 is 0 Å². The highest BCUT2D eigenvalue weighted by molar-refractivity contribution is 6.14. The monoisotopic (exact) mass is 371 g/mol. The van der Waals surface area contributed by atoms with Crippen LogP contribution in [-0.4, -0.2) is 14.6 Å². The predicted molar refractivity (Wildman–Crippen MR) is 116 cm³/mol. The Balaban J connectivity index is 2.52. The first-order valence-corrected chi connectivity index (χ1v) is 10.2. The summed E-state index contributed by atoms with van der Waals surface area (Å²) in [4.78, 5) is 0. The van der Waals surface area contributed by atoms with Crippen LogP contribution in [0.5, 0.6) is 0 Å². The Labute approximate surface area is 166 Å². The van der Waals surface area contributed by atoms with Gasteiger partial charge in [-0.05, 0) is 52.1 Å². The van der Waals surface area contributed by atoms with E-state index in [0.717, 1.165) is 11.1 Å². The first-order chi connectivity index (χ1) is 12.8. The van der Waals surface area contributed by atoms with Crippen molar-refractivity contribution >= 4 is 21.3 Å². The van der Waals surface area contributed by atoms with E-state index in [1.165, 1.54) is 33.3 Å². The molecule has 0 atom stereocenters. The average Bonchev–Trinajstić information content (AvgIpc) is 2.93. The third-order valence-electron chi connectivity index (χ3n) is 5.29. The molecule has 1 heterocycles. The normalized spacial score (nSPS) is 11.7. The molecule has 2 nitrogen and oxygen atoms in total. The molecule has 0 saturated heterocycles. The van der Waals surface area contributed by atoms with Gasteiger partial charge in [-0.25, -0.2) is 0 Å². The van der Waals surface area contributed by atoms with Gasteiger partial charge in [0.25, 0.3) is 0 Å². The van der Waals surface area contributed by atoms with Gasteiger partial charge in [0.1, 0.15) is 0 Å². The molecular weight excluding hydrogens is 344 g/mol. The molecule has 0 saturated carbocycles. The van der Waals surface area contributed by atoms with Crippen molar-refractivity contribution in [1.82, 2.24) is 4.23 Å². The van der Waals surface area contributed by atoms with E-state index >= 15 is 0 Å². The third kappa shape index (κ3) is 3.13. The maximum Gasteiger partial charge on any atom is 0.195 e. The van der Waals surface area contributed by atoms with Crippen LogP contribution in [0.15, 0.2) is 36.4 Å². The topological polar surface area (TPSA) is 28.7 Å². The van der Waals surface area contributed by atoms with Crippen LogP contribution in [0.25, 0.3) is 22.0 Å². The molecule has 0 bridgehead atoms. The zero-order valence-electron chi connectivity index (χ0n) is 17.1. The summed E-state index contributed by atoms with van der Waals surface area (Å²) in [6.07, 6.45) is 0. The Morgan fingerprint density at radius 1 is 0.815 bits per heavy atom. The van der Waals surface area contributed by atoms with Gasteiger partial charge in [-0.3, -0.25) is 0 Å². The highest BCUT2D eigenvalue weighted by Crippen LogP contribution is 2.43. The van der Waals surface area contributed by atoms with Crippen LogP contribution in [0.3, 0.4) is 0 Å². The highest BCUT2D eigenvalue weighted by Gasteiger charge is 2.25. The molecule has 1 aromatic heterocycles. The van der Waals surface area contributed by atoms with E-state index in [1.54, 1.807) is 0 Å². The number of nitriles is 1. The molecule has 0 fully saturated rings. The summed E-state index contributed by atoms with van der Waals surface area (Å²) in [5.41, 5.74) is 8.21. The molecule has 3 heteroatoms. The van der Waals surface area contributed by atoms with Gasteiger partial charge in [0, 0.05) is 16.6 Å². The molecule has 3 aromatic rings. The molecule has 3 radical (unpaired) electrons. The lowest BCUT2D eigenvalue weighted by molar-refractivity contribution is 0.766. The number of hydrogen-bond acceptors (Lipinski definition) is 1. The lowest BCUT2D eigenvalue weighted by Gasteiger charge is -2.19. The zero-order valence-corrected chi connectivity index (χ0v) is 18.1. The minimum absolute atomic E-state index is 0.349. The number of fused-ring (bicyclic) bond motifs is 1. The minimum Gasteiger partial charge on any atom is -0.373 e. The molecule has 0 spiro atoms. The Morgan fingerprint density at radius 3 is 2.00 bits per heavy atom. The highest BCUT2D eigenvalue weighted by atomic mass is 28.2. The van der Waals surface area contributed by atoms with Gasteiger partial charge in [-0.15, -0.1) is 0 Å². The van der Waals surface area contributed by atoms with Gasteiger partial charge in [-0.1, -0.05) is 65.8 Å². The molecule has 0 unspecified atom stereocenters. The summed E-state index contributed by atoms with van der Waals surface area (Å²) in [6, 6.07) is 14.7. The van der Waals surface area contributed by atoms with Crippen molar-refractivity contribution in [2.75, 3.05) is 0 Å². The molecule has 0 N–H and O–H groups in total. The third-order valence-corrected chi connectivity index (χ3v) is 5.77. The first-order valence-electron chi connectivity index (χ1n) is 9.71. The minimum atomic E-state index is 0.349. The Bertz CT molecular complexity index is 1030. The van der Waals surface area contributed by atoms with E-state index in [0.29, 0.717) is 17.8 Å². The molecular formula is C24H27N2Si. The van der Waals surface area contributed by atoms with Crippen LogP contribution >= 0.6 is 0 Å². The number of hydrogen-bond donors (Lipinski definition) is 0. The van der Waals surface area contributed by atoms with E-state index in [4.69, 9.17) is 0 Å². The van der Waals surface area contributed by atoms with Crippen LogP contribution in [-0.2, 0) is 0 Å². The second-order valence-corrected chi connectivity index (χ2v) is 8.62. The number of benzene rings is 2. The van der Waals surface area contributed by atoms with E-state index in [9.17, 15) is 5.26 Å². The van der Waals surface area contributed by atoms with Gasteiger partial charge >= 0.3 is 0 Å². The van der Waals surface area contributed by atoms with Crippen molar-refractivity contribution in [3.8, 4) is 17.2 Å². The van der Waals surface area contributed by atoms with E-state index in [2.05, 4.69) is 80.4 Å². The maximum atomic E-state index is 9.62. The lowest BCUT2D eigenvalue weighted by atomic mass is 9.84. The fourth-order valence-corrected chi connectivity index (χ4v) is 4.82. The summed E-state index contributed by atoms with van der Waals surface area (Å²) < 4.78 is 2.18. The molecule has 137 valence electrons. The van der Waals surface area contributed by atoms with E-state index < -0.39 is 0 Å². The number of nitrogens with zero attached hydrogens (tertiary/aromatic N) is 2. The molecule has 0 aliphatic carbocycles. The Kier molecular flexibility index (Phi) is 5.30. The van der Waals surface area contributed by atoms with Crippen molar-refractivity contribution in [3.05, 3.63) is 58.8 Å². The summed E-state index contributed by atoms with van der Waals surface area (Å²) in [5, 5.41) is 11.0. The molecule has 3 rings (SSSR count). The SMILES string of the molecule is CC(C)c1c(-c2ccccc2C#N)ccc2c1c(C(C)C)c(C(C)C)n2[Si]. The molecule has 0 aliphatic heterocycles. The van der Waals surface area contributed by atoms with Crippen LogP contribution < -0.4 is 0 Å². The predicted octanol–water partition coefficient (Wildman–Crippen LogP) is 6.48. The molecule has 0 aliphatic rings. The second-order valence-electron chi connectivity index (χ2n) is 8.18. The van der Waals surface area contributed by atoms with Gasteiger partial charge in [-0.2, -0.15) is 5.26 Å². The Morgan fingerprint density at radius 2 is 1.44 bits per heavy atom. The standard InChI is InChI=1S/C24H27N2Si/c1-14(2)21-19(18-10-8-7-9-17(18)13-25)11-12-20-23(21)22(15(3)4)24(16(5)6)26(20)27/h7-12,14-16H,1-6H3. The van der Waals surface area contributed by atoms with Crippen molar-refractivity contribution in [3.63, 3.8) is 0 Å². The van der Waals surface area contributed by atoms with Crippen molar-refractivity contribution in [1.29, 1.82) is 5.26 Å². The Hall–Kier alpha value is -2.31. The quantitative estimate of drug-likeness (QED) is 0.482. The largest absolute Gasteiger partial charge is 0.373 e. The van der Waals surface area contributed by atoms with Gasteiger partial charge in [0.05, 0.1) is 11.6 Å². The van der Waals surface area contributed by atoms with Gasteiger partial charge in [0.2, 0.25) is 0 Å². The number of aromatic nitrogens is 1. The van der Waals surface area contributed by atoms with Crippen LogP contribution in [0.1, 0.15) is 81.7 Å². The zero-order chi connectivity index (χ0) is 19.9. The summed E-state index contributed by atoms with van der Waals surface area (Å²) in [5.74, 6) is 1.19. The molecule has 0 amide bonds. The first kappa shape index (κ1) is 19.4. The van der Waals surface area contributed by atoms with Crippen LogP contribution in [0, 0.1) is 11.3 Å². The molecule has 27 heavy (non-hydrogen) atoms. The fraction of sp³-hybridized carbons (Fsp3) is 0.375. The average molecular weight is 372 g/mol. The summed E-state index contributed by atoms with van der Waals surface area (Å²) in [6.45, 7) is 13.5. The van der Waals surface area contributed by atoms with E-state index in [1.807, 2.05) is 18.2 Å². The van der Waals surface area contributed by atoms with E-state index in [-0.39, 0.29) is 0 Å². The molecule has 2 aromatic carbocycles. The summed E-state index contributed by atoms with van der Waals surface area (Å²) >= 11 is 0. The second kappa shape index (κ2) is 7.36. The van der Waals surface area contributed by atoms with Crippen molar-refractivity contribution in [2.24, 2.45) is 0 Å². The van der Waals surface area contributed by atoms with Crippen molar-refractivity contribution in [2.45, 2.75) is 59.3 Å². The summed E-state index contributed by atoms with van der Waals surface area (Å²) in [7, 11) is 3.89.